The van der Waals surface area contributed by atoms with Gasteiger partial charge in [0.05, 0.1) is 11.7 Å². The van der Waals surface area contributed by atoms with Crippen molar-refractivity contribution < 1.29 is 25.1 Å². The van der Waals surface area contributed by atoms with E-state index in [-0.39, 0.29) is 12.6 Å². The number of aryl methyl sites for hydroxylation is 2. The van der Waals surface area contributed by atoms with Gasteiger partial charge in [0.1, 0.15) is 5.60 Å². The van der Waals surface area contributed by atoms with Gasteiger partial charge in [-0.2, -0.15) is 5.90 Å². The maximum Gasteiger partial charge on any atom is 0.411 e. The van der Waals surface area contributed by atoms with Crippen LogP contribution >= 0.6 is 27.5 Å². The van der Waals surface area contributed by atoms with Gasteiger partial charge in [-0.05, 0) is 84.4 Å². The molecular weight excluding hydrogens is 524 g/mol. The fourth-order valence-corrected chi connectivity index (χ4v) is 5.23. The standard InChI is InChI=1S/C24H29BrClN4O4/c1-24(2,3)33-23(32)30-9-8-29(13-19(30)22(31)34-27)21-18-7-6-17(26)11-14(18)4-5-15-10-16(25)12-28-20(15)21/h6-7,10-12,19,21H,4-5,8-9,13H2,1-3,27H3/q+1. The number of rotatable bonds is 2. The molecule has 182 valence electrons. The number of fused-ring (bicyclic) bond motifs is 2. The van der Waals surface area contributed by atoms with Gasteiger partial charge in [-0.25, -0.2) is 9.59 Å². The largest absolute Gasteiger partial charge is 0.444 e. The average Bonchev–Trinajstić information content (AvgIpc) is 2.93. The van der Waals surface area contributed by atoms with Crippen molar-refractivity contribution in [2.75, 3.05) is 19.6 Å². The minimum atomic E-state index is -0.848. The molecule has 0 spiro atoms. The van der Waals surface area contributed by atoms with Crippen molar-refractivity contribution in [1.82, 2.24) is 14.8 Å². The first-order valence-electron chi connectivity index (χ1n) is 11.2. The Morgan fingerprint density at radius 1 is 1.18 bits per heavy atom. The molecule has 2 unspecified atom stereocenters. The zero-order chi connectivity index (χ0) is 24.6. The molecule has 1 aliphatic carbocycles. The lowest BCUT2D eigenvalue weighted by atomic mass is 9.95. The van der Waals surface area contributed by atoms with Gasteiger partial charge < -0.3 is 4.74 Å². The summed E-state index contributed by atoms with van der Waals surface area (Å²) in [4.78, 5) is 38.8. The smallest absolute Gasteiger partial charge is 0.411 e. The third kappa shape index (κ3) is 5.22. The van der Waals surface area contributed by atoms with Crippen molar-refractivity contribution in [3.63, 3.8) is 0 Å². The molecule has 0 radical (unpaired) electrons. The van der Waals surface area contributed by atoms with Crippen LogP contribution in [0.5, 0.6) is 0 Å². The molecule has 4 rings (SSSR count). The summed E-state index contributed by atoms with van der Waals surface area (Å²) in [6, 6.07) is 6.98. The number of nitrogens with zero attached hydrogens (tertiary/aromatic N) is 3. The highest BCUT2D eigenvalue weighted by Gasteiger charge is 2.43. The zero-order valence-corrected chi connectivity index (χ0v) is 21.9. The maximum absolute atomic E-state index is 12.9. The summed E-state index contributed by atoms with van der Waals surface area (Å²) in [5.74, 6) is 2.71. The van der Waals surface area contributed by atoms with E-state index in [1.54, 1.807) is 27.0 Å². The number of amides is 1. The fourth-order valence-electron chi connectivity index (χ4n) is 4.66. The molecule has 10 heteroatoms. The second-order valence-electron chi connectivity index (χ2n) is 9.59. The average molecular weight is 553 g/mol. The van der Waals surface area contributed by atoms with Gasteiger partial charge >= 0.3 is 12.1 Å². The third-order valence-electron chi connectivity index (χ3n) is 6.11. The minimum absolute atomic E-state index is 0.196. The molecule has 3 N–H and O–H groups in total. The lowest BCUT2D eigenvalue weighted by molar-refractivity contribution is -0.657. The molecule has 8 nitrogen and oxygen atoms in total. The highest BCUT2D eigenvalue weighted by Crippen LogP contribution is 2.38. The van der Waals surface area contributed by atoms with E-state index in [0.717, 1.165) is 39.7 Å². The van der Waals surface area contributed by atoms with E-state index in [1.165, 1.54) is 4.90 Å². The Labute approximate surface area is 212 Å². The summed E-state index contributed by atoms with van der Waals surface area (Å²) in [6.45, 7) is 6.49. The van der Waals surface area contributed by atoms with E-state index >= 15 is 0 Å². The van der Waals surface area contributed by atoms with Crippen LogP contribution in [0.1, 0.15) is 49.2 Å². The number of carbonyl (C=O) groups excluding carboxylic acids is 2. The first kappa shape index (κ1) is 24.9. The molecule has 1 aromatic carbocycles. The SMILES string of the molecule is CC(C)(C)OC(=O)N1CCN(C2c3ccc(Cl)cc3CCc3cc(Br)cnc32)CC1C(=O)O[NH3+]. The van der Waals surface area contributed by atoms with Crippen LogP contribution in [0.3, 0.4) is 0 Å². The quantitative estimate of drug-likeness (QED) is 0.574. The number of pyridine rings is 1. The Morgan fingerprint density at radius 2 is 1.91 bits per heavy atom. The summed E-state index contributed by atoms with van der Waals surface area (Å²) < 4.78 is 6.47. The number of benzene rings is 1. The van der Waals surface area contributed by atoms with Crippen LogP contribution in [0.2, 0.25) is 5.02 Å². The van der Waals surface area contributed by atoms with Crippen LogP contribution in [0.4, 0.5) is 4.79 Å². The lowest BCUT2D eigenvalue weighted by Gasteiger charge is -2.43. The first-order valence-corrected chi connectivity index (χ1v) is 12.4. The summed E-state index contributed by atoms with van der Waals surface area (Å²) >= 11 is 9.87. The molecule has 1 aliphatic heterocycles. The predicted octanol–water partition coefficient (Wildman–Crippen LogP) is 3.31. The van der Waals surface area contributed by atoms with E-state index in [1.807, 2.05) is 18.2 Å². The van der Waals surface area contributed by atoms with E-state index in [4.69, 9.17) is 26.2 Å². The van der Waals surface area contributed by atoms with E-state index in [0.29, 0.717) is 18.1 Å². The van der Waals surface area contributed by atoms with Crippen LogP contribution in [0, 0.1) is 0 Å². The van der Waals surface area contributed by atoms with Crippen molar-refractivity contribution in [3.05, 3.63) is 62.3 Å². The van der Waals surface area contributed by atoms with Gasteiger partial charge in [0.15, 0.2) is 6.04 Å². The number of hydrogen-bond donors (Lipinski definition) is 1. The number of carbonyl (C=O) groups is 2. The molecule has 0 bridgehead atoms. The van der Waals surface area contributed by atoms with E-state index in [2.05, 4.69) is 32.8 Å². The van der Waals surface area contributed by atoms with Gasteiger partial charge in [0, 0.05) is 35.3 Å². The molecule has 1 aromatic heterocycles. The Balaban J connectivity index is 1.73. The van der Waals surface area contributed by atoms with Crippen molar-refractivity contribution in [2.24, 2.45) is 0 Å². The minimum Gasteiger partial charge on any atom is -0.444 e. The molecular formula is C24H29BrClN4O4+. The van der Waals surface area contributed by atoms with Crippen LogP contribution in [-0.2, 0) is 27.2 Å². The molecule has 34 heavy (non-hydrogen) atoms. The third-order valence-corrected chi connectivity index (χ3v) is 6.78. The topological polar surface area (TPSA) is 99.6 Å². The second kappa shape index (κ2) is 9.81. The molecule has 1 saturated heterocycles. The summed E-state index contributed by atoms with van der Waals surface area (Å²) in [5.41, 5.74) is 3.65. The van der Waals surface area contributed by atoms with Crippen LogP contribution in [0.25, 0.3) is 0 Å². The van der Waals surface area contributed by atoms with Gasteiger partial charge in [-0.15, -0.1) is 0 Å². The molecule has 0 saturated carbocycles. The first-order chi connectivity index (χ1) is 16.1. The number of aromatic nitrogens is 1. The van der Waals surface area contributed by atoms with E-state index < -0.39 is 23.7 Å². The Kier molecular flexibility index (Phi) is 7.19. The fraction of sp³-hybridized carbons (Fsp3) is 0.458. The number of ether oxygens (including phenoxy) is 1. The number of piperazine rings is 1. The van der Waals surface area contributed by atoms with Crippen molar-refractivity contribution >= 4 is 39.6 Å². The zero-order valence-electron chi connectivity index (χ0n) is 19.5. The normalized spacial score (nSPS) is 20.7. The summed E-state index contributed by atoms with van der Waals surface area (Å²) in [6.07, 6.45) is 2.91. The molecule has 2 heterocycles. The number of quaternary nitrogens is 1. The second-order valence-corrected chi connectivity index (χ2v) is 10.9. The number of hydrogen-bond acceptors (Lipinski definition) is 6. The highest BCUT2D eigenvalue weighted by atomic mass is 79.9. The summed E-state index contributed by atoms with van der Waals surface area (Å²) in [5, 5.41) is 0.686. The van der Waals surface area contributed by atoms with Crippen LogP contribution in [0.15, 0.2) is 34.9 Å². The van der Waals surface area contributed by atoms with Crippen molar-refractivity contribution in [1.29, 1.82) is 0 Å². The predicted molar refractivity (Wildman–Crippen MR) is 130 cm³/mol. The Morgan fingerprint density at radius 3 is 2.62 bits per heavy atom. The van der Waals surface area contributed by atoms with Gasteiger partial charge in [0.2, 0.25) is 0 Å². The van der Waals surface area contributed by atoms with Crippen LogP contribution < -0.4 is 5.90 Å². The highest BCUT2D eigenvalue weighted by molar-refractivity contribution is 9.10. The molecule has 1 amide bonds. The van der Waals surface area contributed by atoms with E-state index in [9.17, 15) is 9.59 Å². The lowest BCUT2D eigenvalue weighted by Crippen LogP contribution is -2.63. The Hall–Kier alpha value is -2.20. The molecule has 2 atom stereocenters. The monoisotopic (exact) mass is 551 g/mol. The van der Waals surface area contributed by atoms with Gasteiger partial charge in [0.25, 0.3) is 0 Å². The summed E-state index contributed by atoms with van der Waals surface area (Å²) in [7, 11) is 0. The van der Waals surface area contributed by atoms with Crippen LogP contribution in [-0.4, -0.2) is 58.1 Å². The van der Waals surface area contributed by atoms with Crippen molar-refractivity contribution in [3.8, 4) is 0 Å². The van der Waals surface area contributed by atoms with Gasteiger partial charge in [-0.1, -0.05) is 17.7 Å². The molecule has 2 aliphatic rings. The maximum atomic E-state index is 12.9. The van der Waals surface area contributed by atoms with Gasteiger partial charge in [-0.3, -0.25) is 19.6 Å². The molecule has 2 aromatic rings. The Bertz CT molecular complexity index is 1050. The molecule has 1 fully saturated rings. The number of halogens is 2. The van der Waals surface area contributed by atoms with Crippen molar-refractivity contribution in [2.45, 2.75) is 51.3 Å².